The molecule has 9 rings (SSSR count). The second-order valence-corrected chi connectivity index (χ2v) is 20.4. The maximum Gasteiger partial charge on any atom is 0.303 e. The summed E-state index contributed by atoms with van der Waals surface area (Å²) in [5, 5.41) is 36.8. The Hall–Kier alpha value is -1.75. The summed E-state index contributed by atoms with van der Waals surface area (Å²) in [7, 11) is 0. The minimum absolute atomic E-state index is 0.00556. The van der Waals surface area contributed by atoms with Crippen molar-refractivity contribution in [3.8, 4) is 0 Å². The van der Waals surface area contributed by atoms with E-state index >= 15 is 0 Å². The molecule has 9 heterocycles. The van der Waals surface area contributed by atoms with E-state index in [2.05, 4.69) is 52.6 Å². The molecule has 13 heteroatoms. The van der Waals surface area contributed by atoms with Crippen molar-refractivity contribution >= 4 is 5.97 Å². The fourth-order valence-electron chi connectivity index (χ4n) is 12.4. The second-order valence-electron chi connectivity index (χ2n) is 20.4. The summed E-state index contributed by atoms with van der Waals surface area (Å²) in [4.78, 5) is 10.9. The molecule has 9 aliphatic rings. The van der Waals surface area contributed by atoms with E-state index in [0.717, 1.165) is 37.8 Å². The van der Waals surface area contributed by atoms with E-state index in [0.29, 0.717) is 69.1 Å². The van der Waals surface area contributed by atoms with E-state index < -0.39 is 53.2 Å². The molecule has 3 spiro atoms. The van der Waals surface area contributed by atoms with E-state index in [1.807, 2.05) is 18.2 Å². The van der Waals surface area contributed by atoms with Crippen LogP contribution in [0.1, 0.15) is 125 Å². The van der Waals surface area contributed by atoms with E-state index in [9.17, 15) is 15.0 Å². The number of rotatable bonds is 9. The minimum Gasteiger partial charge on any atom is -0.481 e. The van der Waals surface area contributed by atoms with Crippen molar-refractivity contribution in [1.82, 2.24) is 5.32 Å². The molecule has 0 aromatic rings. The average molecular weight is 828 g/mol. The third kappa shape index (κ3) is 7.96. The maximum absolute atomic E-state index is 12.2. The largest absolute Gasteiger partial charge is 0.481 e. The van der Waals surface area contributed by atoms with Crippen LogP contribution in [0.3, 0.4) is 0 Å². The Morgan fingerprint density at radius 2 is 1.71 bits per heavy atom. The Bertz CT molecular complexity index is 1660. The van der Waals surface area contributed by atoms with Gasteiger partial charge in [0.2, 0.25) is 0 Å². The monoisotopic (exact) mass is 827 g/mol. The first kappa shape index (κ1) is 42.5. The topological polar surface area (TPSA) is 164 Å². The number of piperidine rings is 1. The predicted octanol–water partition coefficient (Wildman–Crippen LogP) is 6.01. The lowest BCUT2D eigenvalue weighted by Crippen LogP contribution is -2.60. The molecule has 4 N–H and O–H groups in total. The molecule has 9 aliphatic heterocycles. The first-order chi connectivity index (χ1) is 28.0. The lowest BCUT2D eigenvalue weighted by Gasteiger charge is -2.52. The van der Waals surface area contributed by atoms with Gasteiger partial charge in [-0.15, -0.1) is 0 Å². The molecule has 0 amide bonds. The van der Waals surface area contributed by atoms with Gasteiger partial charge in [0, 0.05) is 70.3 Å². The molecule has 0 aromatic heterocycles. The van der Waals surface area contributed by atoms with Gasteiger partial charge in [0.1, 0.15) is 17.9 Å². The second kappa shape index (κ2) is 15.8. The molecular formula is C46H69NO12. The van der Waals surface area contributed by atoms with Crippen molar-refractivity contribution in [3.63, 3.8) is 0 Å². The number of hydrogen-bond donors (Lipinski definition) is 4. The Balaban J connectivity index is 0.831. The number of fused-ring (bicyclic) bond motifs is 5. The van der Waals surface area contributed by atoms with E-state index in [1.54, 1.807) is 0 Å². The molecule has 2 bridgehead atoms. The maximum atomic E-state index is 12.2. The SMILES string of the molecule is C=C(C[C@@]12C[C@@H](C)C[C@H](O1)[C@H]1O[C@]3(C[C@H]1O2)NC[C@H](C)C[C@@H]3C)[C@H]1O[C@@](O)([C@H](O)[C@@H]2C[C@H]3O[C@@]4(CC[C@]5(CC=C[C@@H](/C=C/CCC(=O)O)O5)O4)[C@H](C)C[C@H]3O2)CC[C@@H]1C. The predicted molar refractivity (Wildman–Crippen MR) is 214 cm³/mol. The van der Waals surface area contributed by atoms with Crippen LogP contribution >= 0.6 is 0 Å². The highest BCUT2D eigenvalue weighted by Gasteiger charge is 2.64. The number of carboxylic acids is 1. The summed E-state index contributed by atoms with van der Waals surface area (Å²) < 4.78 is 53.9. The van der Waals surface area contributed by atoms with E-state index in [-0.39, 0.29) is 61.3 Å². The van der Waals surface area contributed by atoms with Crippen molar-refractivity contribution in [3.05, 3.63) is 36.5 Å². The van der Waals surface area contributed by atoms with Crippen LogP contribution in [0, 0.1) is 29.6 Å². The summed E-state index contributed by atoms with van der Waals surface area (Å²) in [5.74, 6) is -3.82. The zero-order valence-corrected chi connectivity index (χ0v) is 35.7. The summed E-state index contributed by atoms with van der Waals surface area (Å²) >= 11 is 0. The molecule has 59 heavy (non-hydrogen) atoms. The summed E-state index contributed by atoms with van der Waals surface area (Å²) in [5.41, 5.74) is 0.397. The molecule has 0 aliphatic carbocycles. The van der Waals surface area contributed by atoms with Crippen LogP contribution in [0.5, 0.6) is 0 Å². The van der Waals surface area contributed by atoms with Crippen molar-refractivity contribution in [2.45, 2.75) is 208 Å². The lowest BCUT2D eigenvalue weighted by atomic mass is 9.79. The van der Waals surface area contributed by atoms with E-state index in [1.165, 1.54) is 0 Å². The summed E-state index contributed by atoms with van der Waals surface area (Å²) in [6, 6.07) is 0. The third-order valence-electron chi connectivity index (χ3n) is 15.5. The summed E-state index contributed by atoms with van der Waals surface area (Å²) in [6.07, 6.45) is 12.5. The standard InChI is InChI=1S/C46H69NO12/c1-26-19-35-40-37(24-44(57-40)30(5)18-27(2)25-47-44)55-43(22-26,54-35)23-29(4)39-28(3)13-15-45(51,58-39)41(50)36-21-34-33(52-36)20-31(6)46(56-34)17-16-42(59-46)14-9-11-32(53-42)10-7-8-12-38(48)49/h7,9-11,26-28,30-37,39-41,47,50-51H,4,8,12-25H2,1-3,5-6H3,(H,48,49)/b10-7+/t26-,27+,28-,30-,31+,32+,33+,34+,35-,36-,37+,39-,40+,41+,42-,43-,44-,45+,46+/m0/s1. The van der Waals surface area contributed by atoms with Gasteiger partial charge in [0.15, 0.2) is 23.1 Å². The van der Waals surface area contributed by atoms with Gasteiger partial charge in [-0.25, -0.2) is 0 Å². The Labute approximate surface area is 349 Å². The third-order valence-corrected chi connectivity index (χ3v) is 15.5. The molecule has 13 nitrogen and oxygen atoms in total. The Morgan fingerprint density at radius 1 is 0.898 bits per heavy atom. The molecule has 8 saturated heterocycles. The van der Waals surface area contributed by atoms with Gasteiger partial charge in [-0.1, -0.05) is 65.5 Å². The molecule has 0 saturated carbocycles. The van der Waals surface area contributed by atoms with Crippen LogP contribution < -0.4 is 5.32 Å². The number of aliphatic hydroxyl groups is 2. The normalized spacial score (nSPS) is 52.3. The zero-order chi connectivity index (χ0) is 41.5. The van der Waals surface area contributed by atoms with Crippen LogP contribution in [-0.2, 0) is 42.7 Å². The van der Waals surface area contributed by atoms with Crippen molar-refractivity contribution < 1.29 is 58.0 Å². The fraction of sp³-hybridized carbons (Fsp3) is 0.848. The van der Waals surface area contributed by atoms with E-state index in [4.69, 9.17) is 43.0 Å². The highest BCUT2D eigenvalue weighted by atomic mass is 16.8. The molecule has 0 unspecified atom stereocenters. The van der Waals surface area contributed by atoms with Gasteiger partial charge >= 0.3 is 5.97 Å². The molecule has 8 fully saturated rings. The highest BCUT2D eigenvalue weighted by Crippen LogP contribution is 2.55. The van der Waals surface area contributed by atoms with Crippen molar-refractivity contribution in [2.24, 2.45) is 29.6 Å². The molecule has 330 valence electrons. The highest BCUT2D eigenvalue weighted by molar-refractivity contribution is 5.66. The smallest absolute Gasteiger partial charge is 0.303 e. The van der Waals surface area contributed by atoms with Gasteiger partial charge in [-0.3, -0.25) is 10.1 Å². The van der Waals surface area contributed by atoms with Crippen LogP contribution in [0.15, 0.2) is 36.5 Å². The fourth-order valence-corrected chi connectivity index (χ4v) is 12.4. The van der Waals surface area contributed by atoms with Gasteiger partial charge in [0.25, 0.3) is 0 Å². The van der Waals surface area contributed by atoms with Crippen molar-refractivity contribution in [2.75, 3.05) is 6.54 Å². The van der Waals surface area contributed by atoms with Crippen molar-refractivity contribution in [1.29, 1.82) is 0 Å². The average Bonchev–Trinajstić information content (AvgIpc) is 3.86. The van der Waals surface area contributed by atoms with Crippen LogP contribution in [0.2, 0.25) is 0 Å². The number of allylic oxidation sites excluding steroid dienone is 1. The quantitative estimate of drug-likeness (QED) is 0.200. The van der Waals surface area contributed by atoms with Crippen LogP contribution in [0.25, 0.3) is 0 Å². The first-order valence-corrected chi connectivity index (χ1v) is 22.8. The summed E-state index contributed by atoms with van der Waals surface area (Å²) in [6.45, 7) is 16.5. The Kier molecular flexibility index (Phi) is 11.4. The number of aliphatic hydroxyl groups excluding tert-OH is 1. The number of carbonyl (C=O) groups is 1. The molecule has 0 radical (unpaired) electrons. The number of hydrogen-bond acceptors (Lipinski definition) is 12. The van der Waals surface area contributed by atoms with Gasteiger partial charge in [-0.05, 0) is 61.3 Å². The Morgan fingerprint density at radius 3 is 2.51 bits per heavy atom. The van der Waals surface area contributed by atoms with Gasteiger partial charge in [-0.2, -0.15) is 0 Å². The number of carboxylic acid groups (broad SMARTS) is 1. The number of ether oxygens (including phenoxy) is 8. The minimum atomic E-state index is -1.84. The molecule has 19 atom stereocenters. The van der Waals surface area contributed by atoms with Gasteiger partial charge in [0.05, 0.1) is 42.7 Å². The number of aliphatic carboxylic acids is 1. The van der Waals surface area contributed by atoms with Crippen LogP contribution in [0.4, 0.5) is 0 Å². The number of nitrogens with one attached hydrogen (secondary N) is 1. The van der Waals surface area contributed by atoms with Crippen LogP contribution in [-0.4, -0.2) is 112 Å². The molecular weight excluding hydrogens is 759 g/mol. The lowest BCUT2D eigenvalue weighted by molar-refractivity contribution is -0.366. The first-order valence-electron chi connectivity index (χ1n) is 22.8. The molecule has 0 aromatic carbocycles. The zero-order valence-electron chi connectivity index (χ0n) is 35.7. The van der Waals surface area contributed by atoms with Gasteiger partial charge < -0.3 is 53.2 Å².